The number of nitrogens with one attached hydrogen (secondary N) is 3. The first-order chi connectivity index (χ1) is 12.2. The third-order valence-electron chi connectivity index (χ3n) is 4.33. The van der Waals surface area contributed by atoms with Crippen LogP contribution in [-0.4, -0.2) is 27.6 Å². The average Bonchev–Trinajstić information content (AvgIpc) is 3.30. The summed E-state index contributed by atoms with van der Waals surface area (Å²) in [5.74, 6) is -0.162. The van der Waals surface area contributed by atoms with E-state index in [1.54, 1.807) is 11.3 Å². The highest BCUT2D eigenvalue weighted by molar-refractivity contribution is 7.10. The minimum atomic E-state index is -0.168. The van der Waals surface area contributed by atoms with Crippen molar-refractivity contribution >= 4 is 29.7 Å². The van der Waals surface area contributed by atoms with Crippen molar-refractivity contribution < 1.29 is 4.79 Å². The van der Waals surface area contributed by atoms with Gasteiger partial charge in [-0.25, -0.2) is 4.98 Å². The van der Waals surface area contributed by atoms with Crippen LogP contribution in [-0.2, 0) is 13.0 Å². The Hall–Kier alpha value is -2.22. The van der Waals surface area contributed by atoms with Crippen molar-refractivity contribution in [2.75, 3.05) is 6.54 Å². The van der Waals surface area contributed by atoms with E-state index < -0.39 is 0 Å². The number of amides is 1. The number of hydrogen-bond donors (Lipinski definition) is 3. The molecule has 8 heteroatoms. The number of nitrogens with zero attached hydrogens (tertiary/aromatic N) is 2. The summed E-state index contributed by atoms with van der Waals surface area (Å²) in [6.45, 7) is 3.54. The van der Waals surface area contributed by atoms with E-state index in [-0.39, 0.29) is 24.4 Å². The van der Waals surface area contributed by atoms with Crippen LogP contribution < -0.4 is 10.6 Å². The molecule has 1 atom stereocenters. The largest absolute Gasteiger partial charge is 0.342 e. The molecule has 1 aliphatic rings. The van der Waals surface area contributed by atoms with Gasteiger partial charge < -0.3 is 10.6 Å². The van der Waals surface area contributed by atoms with Crippen LogP contribution >= 0.6 is 23.7 Å². The second-order valence-corrected chi connectivity index (χ2v) is 6.98. The lowest BCUT2D eigenvalue weighted by molar-refractivity contribution is 0.0933. The number of carbonyl (C=O) groups excluding carboxylic acids is 1. The van der Waals surface area contributed by atoms with Gasteiger partial charge in [0.05, 0.1) is 11.7 Å². The third kappa shape index (κ3) is 3.65. The second kappa shape index (κ2) is 7.99. The minimum Gasteiger partial charge on any atom is -0.342 e. The van der Waals surface area contributed by atoms with Gasteiger partial charge in [-0.15, -0.1) is 23.7 Å². The van der Waals surface area contributed by atoms with Gasteiger partial charge >= 0.3 is 0 Å². The predicted octanol–water partition coefficient (Wildman–Crippen LogP) is 3.09. The molecule has 3 heterocycles. The van der Waals surface area contributed by atoms with Gasteiger partial charge in [0.15, 0.2) is 5.69 Å². The van der Waals surface area contributed by atoms with Crippen molar-refractivity contribution in [2.45, 2.75) is 25.9 Å². The summed E-state index contributed by atoms with van der Waals surface area (Å²) in [4.78, 5) is 17.3. The van der Waals surface area contributed by atoms with E-state index in [1.807, 2.05) is 42.6 Å². The number of halogens is 1. The van der Waals surface area contributed by atoms with Gasteiger partial charge in [0.25, 0.3) is 5.91 Å². The van der Waals surface area contributed by atoms with Gasteiger partial charge in [-0.05, 0) is 6.92 Å². The molecule has 136 valence electrons. The number of rotatable bonds is 4. The number of aromatic nitrogens is 3. The molecule has 2 aromatic heterocycles. The molecule has 0 aliphatic carbocycles. The van der Waals surface area contributed by atoms with Crippen LogP contribution in [0.1, 0.15) is 39.7 Å². The monoisotopic (exact) mass is 389 g/mol. The summed E-state index contributed by atoms with van der Waals surface area (Å²) in [5.41, 5.74) is 4.52. The van der Waals surface area contributed by atoms with Gasteiger partial charge in [0.2, 0.25) is 0 Å². The van der Waals surface area contributed by atoms with E-state index in [0.29, 0.717) is 12.2 Å². The smallest absolute Gasteiger partial charge is 0.272 e. The Balaban J connectivity index is 0.00000196. The Labute approximate surface area is 161 Å². The average molecular weight is 390 g/mol. The fraction of sp³-hybridized carbons (Fsp3) is 0.278. The molecule has 1 aromatic carbocycles. The first kappa shape index (κ1) is 18.6. The quantitative estimate of drug-likeness (QED) is 0.640. The number of hydrogen-bond acceptors (Lipinski definition) is 5. The highest BCUT2D eigenvalue weighted by atomic mass is 35.5. The summed E-state index contributed by atoms with van der Waals surface area (Å²) in [6.07, 6.45) is 0.873. The van der Waals surface area contributed by atoms with Crippen molar-refractivity contribution in [1.82, 2.24) is 25.8 Å². The van der Waals surface area contributed by atoms with E-state index in [2.05, 4.69) is 25.8 Å². The Bertz CT molecular complexity index is 892. The highest BCUT2D eigenvalue weighted by Gasteiger charge is 2.23. The maximum absolute atomic E-state index is 12.6. The Morgan fingerprint density at radius 1 is 1.31 bits per heavy atom. The molecular formula is C18H20ClN5OS. The van der Waals surface area contributed by atoms with Gasteiger partial charge in [-0.3, -0.25) is 9.89 Å². The summed E-state index contributed by atoms with van der Waals surface area (Å²) < 4.78 is 0. The SMILES string of the molecule is CC(NC(=O)c1n[nH]c2c1CNCC2)c1nc(-c2ccccc2)cs1.Cl. The summed E-state index contributed by atoms with van der Waals surface area (Å²) in [6, 6.07) is 9.87. The second-order valence-electron chi connectivity index (χ2n) is 6.09. The number of benzene rings is 1. The number of thiazole rings is 1. The normalized spacial score (nSPS) is 14.2. The van der Waals surface area contributed by atoms with Crippen LogP contribution in [0.3, 0.4) is 0 Å². The van der Waals surface area contributed by atoms with E-state index in [1.165, 1.54) is 0 Å². The third-order valence-corrected chi connectivity index (χ3v) is 5.36. The molecular weight excluding hydrogens is 370 g/mol. The predicted molar refractivity (Wildman–Crippen MR) is 105 cm³/mol. The summed E-state index contributed by atoms with van der Waals surface area (Å²) in [7, 11) is 0. The van der Waals surface area contributed by atoms with Gasteiger partial charge in [0.1, 0.15) is 5.01 Å². The maximum Gasteiger partial charge on any atom is 0.272 e. The van der Waals surface area contributed by atoms with E-state index in [4.69, 9.17) is 0 Å². The van der Waals surface area contributed by atoms with Crippen molar-refractivity contribution in [3.8, 4) is 11.3 Å². The van der Waals surface area contributed by atoms with Crippen LogP contribution in [0.4, 0.5) is 0 Å². The zero-order chi connectivity index (χ0) is 17.2. The lowest BCUT2D eigenvalue weighted by Crippen LogP contribution is -2.30. The Morgan fingerprint density at radius 2 is 2.12 bits per heavy atom. The van der Waals surface area contributed by atoms with Crippen molar-refractivity contribution in [2.24, 2.45) is 0 Å². The van der Waals surface area contributed by atoms with Crippen LogP contribution in [0.15, 0.2) is 35.7 Å². The topological polar surface area (TPSA) is 82.7 Å². The van der Waals surface area contributed by atoms with Gasteiger partial charge in [-0.1, -0.05) is 30.3 Å². The molecule has 0 saturated heterocycles. The molecule has 0 saturated carbocycles. The molecule has 1 unspecified atom stereocenters. The molecule has 3 N–H and O–H groups in total. The van der Waals surface area contributed by atoms with E-state index in [9.17, 15) is 4.79 Å². The lowest BCUT2D eigenvalue weighted by Gasteiger charge is -2.14. The minimum absolute atomic E-state index is 0. The molecule has 0 radical (unpaired) electrons. The first-order valence-corrected chi connectivity index (χ1v) is 9.19. The van der Waals surface area contributed by atoms with E-state index in [0.717, 1.165) is 40.5 Å². The van der Waals surface area contributed by atoms with Gasteiger partial charge in [-0.2, -0.15) is 5.10 Å². The van der Waals surface area contributed by atoms with Crippen LogP contribution in [0.25, 0.3) is 11.3 Å². The summed E-state index contributed by atoms with van der Waals surface area (Å²) >= 11 is 1.55. The van der Waals surface area contributed by atoms with Crippen molar-refractivity contribution in [1.29, 1.82) is 0 Å². The molecule has 0 fully saturated rings. The number of aromatic amines is 1. The van der Waals surface area contributed by atoms with Crippen molar-refractivity contribution in [3.05, 3.63) is 57.7 Å². The van der Waals surface area contributed by atoms with Crippen molar-refractivity contribution in [3.63, 3.8) is 0 Å². The highest BCUT2D eigenvalue weighted by Crippen LogP contribution is 2.25. The molecule has 1 aliphatic heterocycles. The molecule has 0 spiro atoms. The number of H-pyrrole nitrogens is 1. The Kier molecular flexibility index (Phi) is 5.70. The van der Waals surface area contributed by atoms with Crippen LogP contribution in [0, 0.1) is 0 Å². The standard InChI is InChI=1S/C18H19N5OS.ClH/c1-11(18-21-15(10-25-18)12-5-3-2-4-6-12)20-17(24)16-13-9-19-8-7-14(13)22-23-16;/h2-6,10-11,19H,7-9H2,1H3,(H,20,24)(H,22,23);1H. The molecule has 4 rings (SSSR count). The molecule has 1 amide bonds. The van der Waals surface area contributed by atoms with Crippen LogP contribution in [0.2, 0.25) is 0 Å². The lowest BCUT2D eigenvalue weighted by atomic mass is 10.1. The summed E-state index contributed by atoms with van der Waals surface area (Å²) in [5, 5.41) is 16.4. The van der Waals surface area contributed by atoms with Crippen LogP contribution in [0.5, 0.6) is 0 Å². The fourth-order valence-electron chi connectivity index (χ4n) is 2.97. The zero-order valence-corrected chi connectivity index (χ0v) is 15.9. The number of carbonyl (C=O) groups is 1. The maximum atomic E-state index is 12.6. The number of fused-ring (bicyclic) bond motifs is 1. The first-order valence-electron chi connectivity index (χ1n) is 8.31. The molecule has 0 bridgehead atoms. The molecule has 26 heavy (non-hydrogen) atoms. The molecule has 6 nitrogen and oxygen atoms in total. The zero-order valence-electron chi connectivity index (χ0n) is 14.3. The fourth-order valence-corrected chi connectivity index (χ4v) is 3.80. The molecule has 3 aromatic rings. The van der Waals surface area contributed by atoms with E-state index >= 15 is 0 Å². The van der Waals surface area contributed by atoms with Gasteiger partial charge in [0, 0.05) is 41.7 Å². The Morgan fingerprint density at radius 3 is 2.92 bits per heavy atom.